The fourth-order valence-electron chi connectivity index (χ4n) is 11.5. The van der Waals surface area contributed by atoms with Gasteiger partial charge in [0.1, 0.15) is 35.6 Å². The van der Waals surface area contributed by atoms with E-state index in [9.17, 15) is 14.6 Å². The number of allylic oxidation sites excluding steroid dienone is 1. The molecule has 4 aromatic carbocycles. The van der Waals surface area contributed by atoms with Crippen LogP contribution in [-0.2, 0) is 27.5 Å². The lowest BCUT2D eigenvalue weighted by atomic mass is 9.55. The smallest absolute Gasteiger partial charge is 0.239 e. The van der Waals surface area contributed by atoms with Crippen LogP contribution in [0, 0.1) is 29.5 Å². The molecule has 67 heavy (non-hydrogen) atoms. The molecular weight excluding hydrogens is 844 g/mol. The molecule has 0 spiro atoms. The molecule has 8 rings (SSSR count). The highest BCUT2D eigenvalue weighted by molar-refractivity contribution is 6.03. The third kappa shape index (κ3) is 11.0. The van der Waals surface area contributed by atoms with Crippen molar-refractivity contribution in [3.05, 3.63) is 132 Å². The van der Waals surface area contributed by atoms with E-state index in [1.54, 1.807) is 24.3 Å². The van der Waals surface area contributed by atoms with Crippen molar-refractivity contribution in [2.75, 3.05) is 19.8 Å². The van der Waals surface area contributed by atoms with Gasteiger partial charge in [0, 0.05) is 49.6 Å². The first-order valence-electron chi connectivity index (χ1n) is 24.9. The van der Waals surface area contributed by atoms with Crippen molar-refractivity contribution < 1.29 is 38.4 Å². The van der Waals surface area contributed by atoms with Crippen molar-refractivity contribution in [2.24, 2.45) is 28.8 Å². The number of rotatable bonds is 21. The number of hydrogen-bond acceptors (Lipinski definition) is 8. The molecule has 0 saturated heterocycles. The Morgan fingerprint density at radius 1 is 0.925 bits per heavy atom. The second-order valence-corrected chi connectivity index (χ2v) is 20.2. The van der Waals surface area contributed by atoms with E-state index in [-0.39, 0.29) is 55.9 Å². The van der Waals surface area contributed by atoms with Crippen LogP contribution < -0.4 is 9.47 Å². The molecule has 10 heteroatoms. The molecule has 2 N–H and O–H groups in total. The van der Waals surface area contributed by atoms with Crippen molar-refractivity contribution in [3.63, 3.8) is 0 Å². The Morgan fingerprint density at radius 3 is 2.42 bits per heavy atom. The molecule has 2 fully saturated rings. The predicted octanol–water partition coefficient (Wildman–Crippen LogP) is 12.0. The third-order valence-corrected chi connectivity index (χ3v) is 14.6. The molecule has 6 atom stereocenters. The highest BCUT2D eigenvalue weighted by Gasteiger charge is 2.65. The van der Waals surface area contributed by atoms with E-state index < -0.39 is 23.3 Å². The van der Waals surface area contributed by atoms with E-state index in [0.717, 1.165) is 78.1 Å². The maximum absolute atomic E-state index is 15.5. The van der Waals surface area contributed by atoms with Gasteiger partial charge in [-0.05, 0) is 117 Å². The highest BCUT2D eigenvalue weighted by Crippen LogP contribution is 2.62. The Bertz CT molecular complexity index is 2380. The van der Waals surface area contributed by atoms with E-state index >= 15 is 4.79 Å². The summed E-state index contributed by atoms with van der Waals surface area (Å²) in [5.74, 6) is -0.490. The number of benzene rings is 4. The maximum atomic E-state index is 15.5. The molecule has 1 aliphatic heterocycles. The SMILES string of the molecule is C=CCO[C@@]12Oc3ccc(OCc4ccccc4F)cc3[C@H]3[C@H](CCCCO)[C@@H](CCCCO)C=C(C(=NOC(C)(C)C)C[C@@H]1N(Cc1cccc4ccccc14)C(=O)CCC1CCCC1)[C@H]32. The van der Waals surface area contributed by atoms with Gasteiger partial charge in [-0.15, -0.1) is 6.58 Å². The number of ether oxygens (including phenoxy) is 3. The van der Waals surface area contributed by atoms with Gasteiger partial charge in [0.2, 0.25) is 11.7 Å². The normalized spacial score (nSPS) is 24.1. The Balaban J connectivity index is 1.33. The summed E-state index contributed by atoms with van der Waals surface area (Å²) < 4.78 is 36.1. The van der Waals surface area contributed by atoms with Crippen LogP contribution in [0.2, 0.25) is 0 Å². The zero-order valence-corrected chi connectivity index (χ0v) is 39.8. The quantitative estimate of drug-likeness (QED) is 0.0487. The van der Waals surface area contributed by atoms with Gasteiger partial charge >= 0.3 is 0 Å². The number of carbonyl (C=O) groups is 1. The van der Waals surface area contributed by atoms with Crippen LogP contribution in [0.1, 0.15) is 127 Å². The fraction of sp³-hybridized carbons (Fsp3) is 0.509. The van der Waals surface area contributed by atoms with Crippen LogP contribution >= 0.6 is 0 Å². The number of unbranched alkanes of at least 4 members (excludes halogenated alkanes) is 2. The molecular formula is C57H71FN2O7. The molecule has 2 saturated carbocycles. The first-order valence-corrected chi connectivity index (χ1v) is 24.9. The van der Waals surface area contributed by atoms with Gasteiger partial charge in [0.15, 0.2) is 0 Å². The summed E-state index contributed by atoms with van der Waals surface area (Å²) in [6.07, 6.45) is 15.0. The first kappa shape index (κ1) is 48.4. The number of aliphatic hydroxyl groups is 2. The number of hydrogen-bond donors (Lipinski definition) is 2. The molecule has 4 aromatic rings. The molecule has 0 radical (unpaired) electrons. The second-order valence-electron chi connectivity index (χ2n) is 20.2. The topological polar surface area (TPSA) is 110 Å². The van der Waals surface area contributed by atoms with Crippen LogP contribution in [0.5, 0.6) is 11.5 Å². The average Bonchev–Trinajstić information content (AvgIpc) is 3.86. The Labute approximate surface area is 397 Å². The minimum atomic E-state index is -1.40. The summed E-state index contributed by atoms with van der Waals surface area (Å²) in [4.78, 5) is 23.9. The van der Waals surface area contributed by atoms with Gasteiger partial charge in [0.25, 0.3) is 0 Å². The standard InChI is InChI=1S/C57H71FN2O7/c1-5-33-65-57-52(60(53(63)30-27-39-17-6-7-18-39)37-42-23-16-22-40-19-8-10-24-45(40)42)36-50(59-67-56(2,3)4)47-34-41(20-12-14-31-61)46(25-13-15-32-62)54(55(47)57)48-35-44(28-29-51(48)66-57)64-38-43-21-9-11-26-49(43)58/h5,8-11,16,19,21-24,26,28-29,34-35,39,41,46,52,54-55,61-62H,1,6-7,12-15,17-18,20,25,27,30-33,36-38H2,2-4H3/t41-,46+,52-,54+,55+,57+/m0/s1. The third-order valence-electron chi connectivity index (χ3n) is 14.6. The molecule has 4 aliphatic rings. The largest absolute Gasteiger partial charge is 0.489 e. The lowest BCUT2D eigenvalue weighted by Crippen LogP contribution is -2.70. The minimum Gasteiger partial charge on any atom is -0.489 e. The summed E-state index contributed by atoms with van der Waals surface area (Å²) in [5, 5.41) is 27.3. The van der Waals surface area contributed by atoms with Gasteiger partial charge < -0.3 is 34.2 Å². The van der Waals surface area contributed by atoms with Crippen LogP contribution in [0.25, 0.3) is 10.8 Å². The lowest BCUT2D eigenvalue weighted by molar-refractivity contribution is -0.258. The summed E-state index contributed by atoms with van der Waals surface area (Å²) in [6.45, 7) is 10.8. The number of aliphatic hydroxyl groups excluding tert-OH is 2. The zero-order chi connectivity index (χ0) is 47.0. The van der Waals surface area contributed by atoms with Gasteiger partial charge in [-0.1, -0.05) is 116 Å². The summed E-state index contributed by atoms with van der Waals surface area (Å²) in [6, 6.07) is 26.5. The number of nitrogens with zero attached hydrogens (tertiary/aromatic N) is 2. The summed E-state index contributed by atoms with van der Waals surface area (Å²) in [5.41, 5.74) is 3.59. The number of oxime groups is 1. The Kier molecular flexibility index (Phi) is 15.9. The summed E-state index contributed by atoms with van der Waals surface area (Å²) >= 11 is 0. The van der Waals surface area contributed by atoms with E-state index in [2.05, 4.69) is 55.1 Å². The van der Waals surface area contributed by atoms with Crippen molar-refractivity contribution in [3.8, 4) is 11.5 Å². The molecule has 358 valence electrons. The maximum Gasteiger partial charge on any atom is 0.239 e. The van der Waals surface area contributed by atoms with Crippen molar-refractivity contribution in [2.45, 2.75) is 141 Å². The molecule has 1 heterocycles. The van der Waals surface area contributed by atoms with Crippen molar-refractivity contribution in [1.29, 1.82) is 0 Å². The van der Waals surface area contributed by atoms with Gasteiger partial charge in [0.05, 0.1) is 18.2 Å². The van der Waals surface area contributed by atoms with E-state index in [0.29, 0.717) is 55.2 Å². The second kappa shape index (κ2) is 21.9. The fourth-order valence-corrected chi connectivity index (χ4v) is 11.5. The highest BCUT2D eigenvalue weighted by atomic mass is 19.1. The average molecular weight is 915 g/mol. The predicted molar refractivity (Wildman–Crippen MR) is 262 cm³/mol. The van der Waals surface area contributed by atoms with Crippen LogP contribution in [-0.4, -0.2) is 64.0 Å². The number of halogens is 1. The van der Waals surface area contributed by atoms with E-state index in [1.807, 2.05) is 43.9 Å². The van der Waals surface area contributed by atoms with Crippen LogP contribution in [0.4, 0.5) is 4.39 Å². The molecule has 0 aromatic heterocycles. The molecule has 9 nitrogen and oxygen atoms in total. The van der Waals surface area contributed by atoms with Crippen LogP contribution in [0.3, 0.4) is 0 Å². The first-order chi connectivity index (χ1) is 32.5. The molecule has 0 bridgehead atoms. The van der Waals surface area contributed by atoms with E-state index in [1.165, 1.54) is 18.9 Å². The number of amides is 1. The summed E-state index contributed by atoms with van der Waals surface area (Å²) in [7, 11) is 0. The van der Waals surface area contributed by atoms with Gasteiger partial charge in [-0.3, -0.25) is 4.79 Å². The lowest BCUT2D eigenvalue weighted by Gasteiger charge is -2.60. The van der Waals surface area contributed by atoms with Gasteiger partial charge in [-0.25, -0.2) is 4.39 Å². The molecule has 3 aliphatic carbocycles. The van der Waals surface area contributed by atoms with Crippen LogP contribution in [0.15, 0.2) is 114 Å². The Hall–Kier alpha value is -5.03. The van der Waals surface area contributed by atoms with Crippen molar-refractivity contribution in [1.82, 2.24) is 4.90 Å². The number of fused-ring (bicyclic) bond motifs is 3. The number of carbonyl (C=O) groups excluding carboxylic acids is 1. The molecule has 0 unspecified atom stereocenters. The molecule has 1 amide bonds. The zero-order valence-electron chi connectivity index (χ0n) is 39.8. The Morgan fingerprint density at radius 2 is 1.66 bits per heavy atom. The van der Waals surface area contributed by atoms with Crippen molar-refractivity contribution >= 4 is 22.4 Å². The van der Waals surface area contributed by atoms with E-state index in [4.69, 9.17) is 24.2 Å². The minimum absolute atomic E-state index is 0.0447. The van der Waals surface area contributed by atoms with Gasteiger partial charge in [-0.2, -0.15) is 0 Å². The monoisotopic (exact) mass is 915 g/mol.